The quantitative estimate of drug-likeness (QED) is 0.251. The van der Waals surface area contributed by atoms with Gasteiger partial charge in [0.05, 0.1) is 29.6 Å². The normalized spacial score (nSPS) is 11.6. The molecule has 0 saturated carbocycles. The minimum atomic E-state index is -0.333. The van der Waals surface area contributed by atoms with Gasteiger partial charge in [-0.05, 0) is 54.6 Å². The summed E-state index contributed by atoms with van der Waals surface area (Å²) in [7, 11) is 1.59. The van der Waals surface area contributed by atoms with E-state index in [-0.39, 0.29) is 11.4 Å². The molecule has 0 aliphatic carbocycles. The zero-order chi connectivity index (χ0) is 24.6. The maximum absolute atomic E-state index is 13.4. The molecule has 3 aromatic heterocycles. The molecule has 0 amide bonds. The number of fused-ring (bicyclic) bond motifs is 2. The standard InChI is InChI=1S/C28H18ClN3O4/c1-34-24-10-5-11-25-21(24)15-26(36-25)27-31-22-9-3-2-8-20(22)28(33)32(27)30-16-19-12-13-23(35-19)17-6-4-7-18(29)14-17/h2-16H,1H3. The van der Waals surface area contributed by atoms with Crippen LogP contribution in [0.4, 0.5) is 0 Å². The van der Waals surface area contributed by atoms with Crippen molar-refractivity contribution in [2.75, 3.05) is 7.11 Å². The predicted molar refractivity (Wildman–Crippen MR) is 140 cm³/mol. The summed E-state index contributed by atoms with van der Waals surface area (Å²) in [5, 5.41) is 6.26. The number of ether oxygens (including phenoxy) is 1. The minimum absolute atomic E-state index is 0.259. The van der Waals surface area contributed by atoms with E-state index >= 15 is 0 Å². The molecule has 0 unspecified atom stereocenters. The van der Waals surface area contributed by atoms with Crippen molar-refractivity contribution in [3.63, 3.8) is 0 Å². The lowest BCUT2D eigenvalue weighted by atomic mass is 10.2. The van der Waals surface area contributed by atoms with E-state index in [1.54, 1.807) is 43.5 Å². The lowest BCUT2D eigenvalue weighted by Gasteiger charge is -2.06. The molecule has 176 valence electrons. The Morgan fingerprint density at radius 1 is 0.917 bits per heavy atom. The number of hydrogen-bond donors (Lipinski definition) is 0. The fourth-order valence-electron chi connectivity index (χ4n) is 4.05. The number of rotatable bonds is 5. The van der Waals surface area contributed by atoms with Crippen molar-refractivity contribution in [1.29, 1.82) is 0 Å². The SMILES string of the molecule is COc1cccc2oc(-c3nc4ccccc4c(=O)n3N=Cc3ccc(-c4cccc(Cl)c4)o3)cc12. The monoisotopic (exact) mass is 495 g/mol. The molecule has 0 aliphatic rings. The number of nitrogens with zero attached hydrogens (tertiary/aromatic N) is 3. The van der Waals surface area contributed by atoms with Gasteiger partial charge in [-0.1, -0.05) is 41.9 Å². The first-order chi connectivity index (χ1) is 17.6. The molecular formula is C28H18ClN3O4. The molecule has 0 aliphatic heterocycles. The molecule has 0 bridgehead atoms. The summed E-state index contributed by atoms with van der Waals surface area (Å²) in [5.41, 5.74) is 1.65. The summed E-state index contributed by atoms with van der Waals surface area (Å²) in [6, 6.07) is 25.4. The highest BCUT2D eigenvalue weighted by molar-refractivity contribution is 6.30. The molecule has 7 nitrogen and oxygen atoms in total. The number of aromatic nitrogens is 2. The van der Waals surface area contributed by atoms with Crippen LogP contribution in [0.3, 0.4) is 0 Å². The highest BCUT2D eigenvalue weighted by Crippen LogP contribution is 2.33. The molecule has 0 N–H and O–H groups in total. The van der Waals surface area contributed by atoms with Crippen LogP contribution in [0, 0.1) is 0 Å². The Balaban J connectivity index is 1.48. The minimum Gasteiger partial charge on any atom is -0.496 e. The van der Waals surface area contributed by atoms with E-state index in [2.05, 4.69) is 5.10 Å². The Morgan fingerprint density at radius 3 is 2.64 bits per heavy atom. The van der Waals surface area contributed by atoms with Crippen molar-refractivity contribution in [3.05, 3.63) is 106 Å². The van der Waals surface area contributed by atoms with Gasteiger partial charge < -0.3 is 13.6 Å². The molecule has 6 aromatic rings. The first-order valence-corrected chi connectivity index (χ1v) is 11.5. The summed E-state index contributed by atoms with van der Waals surface area (Å²) >= 11 is 6.10. The molecule has 0 saturated heterocycles. The molecule has 0 atom stereocenters. The summed E-state index contributed by atoms with van der Waals surface area (Å²) < 4.78 is 18.6. The van der Waals surface area contributed by atoms with Crippen LogP contribution in [-0.2, 0) is 0 Å². The van der Waals surface area contributed by atoms with Crippen molar-refractivity contribution in [1.82, 2.24) is 9.66 Å². The van der Waals surface area contributed by atoms with Crippen molar-refractivity contribution in [2.24, 2.45) is 5.10 Å². The van der Waals surface area contributed by atoms with Gasteiger partial charge in [0.15, 0.2) is 5.76 Å². The van der Waals surface area contributed by atoms with E-state index in [9.17, 15) is 4.79 Å². The highest BCUT2D eigenvalue weighted by Gasteiger charge is 2.18. The predicted octanol–water partition coefficient (Wildman–Crippen LogP) is 6.61. The molecule has 8 heteroatoms. The summed E-state index contributed by atoms with van der Waals surface area (Å²) in [5.74, 6) is 2.39. The molecule has 6 rings (SSSR count). The lowest BCUT2D eigenvalue weighted by Crippen LogP contribution is -2.20. The number of halogens is 1. The van der Waals surface area contributed by atoms with Crippen LogP contribution in [0.1, 0.15) is 5.76 Å². The largest absolute Gasteiger partial charge is 0.496 e. The second kappa shape index (κ2) is 8.87. The molecule has 3 heterocycles. The van der Waals surface area contributed by atoms with Crippen LogP contribution < -0.4 is 10.3 Å². The fourth-order valence-corrected chi connectivity index (χ4v) is 4.24. The van der Waals surface area contributed by atoms with E-state index in [1.165, 1.54) is 10.9 Å². The van der Waals surface area contributed by atoms with E-state index in [0.717, 1.165) is 10.9 Å². The Bertz CT molecular complexity index is 1830. The van der Waals surface area contributed by atoms with Crippen LogP contribution in [0.25, 0.3) is 44.8 Å². The average Bonchev–Trinajstić information content (AvgIpc) is 3.55. The molecule has 36 heavy (non-hydrogen) atoms. The van der Waals surface area contributed by atoms with E-state index < -0.39 is 0 Å². The topological polar surface area (TPSA) is 82.8 Å². The molecule has 0 fully saturated rings. The van der Waals surface area contributed by atoms with Crippen LogP contribution in [0.2, 0.25) is 5.02 Å². The molecular weight excluding hydrogens is 478 g/mol. The van der Waals surface area contributed by atoms with E-state index in [0.29, 0.717) is 44.5 Å². The maximum Gasteiger partial charge on any atom is 0.282 e. The average molecular weight is 496 g/mol. The first-order valence-electron chi connectivity index (χ1n) is 11.1. The van der Waals surface area contributed by atoms with Gasteiger partial charge in [0.25, 0.3) is 5.56 Å². The van der Waals surface area contributed by atoms with Gasteiger partial charge in [-0.3, -0.25) is 4.79 Å². The summed E-state index contributed by atoms with van der Waals surface area (Å²) in [4.78, 5) is 18.1. The maximum atomic E-state index is 13.4. The number of furan rings is 2. The second-order valence-corrected chi connectivity index (χ2v) is 8.45. The molecule has 0 radical (unpaired) electrons. The molecule has 0 spiro atoms. The van der Waals surface area contributed by atoms with Gasteiger partial charge in [-0.15, -0.1) is 0 Å². The summed E-state index contributed by atoms with van der Waals surface area (Å²) in [6.07, 6.45) is 1.47. The smallest absolute Gasteiger partial charge is 0.282 e. The second-order valence-electron chi connectivity index (χ2n) is 8.01. The summed E-state index contributed by atoms with van der Waals surface area (Å²) in [6.45, 7) is 0. The Kier molecular flexibility index (Phi) is 5.39. The highest BCUT2D eigenvalue weighted by atomic mass is 35.5. The van der Waals surface area contributed by atoms with Crippen molar-refractivity contribution < 1.29 is 13.6 Å². The van der Waals surface area contributed by atoms with Gasteiger partial charge in [0.1, 0.15) is 22.9 Å². The van der Waals surface area contributed by atoms with E-state index in [4.69, 9.17) is 30.2 Å². The van der Waals surface area contributed by atoms with E-state index in [1.807, 2.05) is 48.5 Å². The van der Waals surface area contributed by atoms with Crippen molar-refractivity contribution in [2.45, 2.75) is 0 Å². The van der Waals surface area contributed by atoms with Gasteiger partial charge in [-0.25, -0.2) is 4.98 Å². The third kappa shape index (κ3) is 3.85. The number of benzene rings is 3. The lowest BCUT2D eigenvalue weighted by molar-refractivity contribution is 0.419. The Hall–Kier alpha value is -4.62. The van der Waals surface area contributed by atoms with Gasteiger partial charge >= 0.3 is 0 Å². The Morgan fingerprint density at radius 2 is 1.78 bits per heavy atom. The third-order valence-corrected chi connectivity index (χ3v) is 5.99. The van der Waals surface area contributed by atoms with Crippen LogP contribution in [0.5, 0.6) is 5.75 Å². The molecule has 3 aromatic carbocycles. The number of methoxy groups -OCH3 is 1. The fraction of sp³-hybridized carbons (Fsp3) is 0.0357. The third-order valence-electron chi connectivity index (χ3n) is 5.75. The first kappa shape index (κ1) is 21.9. The van der Waals surface area contributed by atoms with Crippen molar-refractivity contribution >= 4 is 39.7 Å². The van der Waals surface area contributed by atoms with Gasteiger partial charge in [0, 0.05) is 10.6 Å². The Labute approximate surface area is 209 Å². The van der Waals surface area contributed by atoms with Gasteiger partial charge in [0.2, 0.25) is 5.82 Å². The zero-order valence-corrected chi connectivity index (χ0v) is 19.8. The van der Waals surface area contributed by atoms with Crippen LogP contribution in [0.15, 0.2) is 104 Å². The number of para-hydroxylation sites is 1. The number of hydrogen-bond acceptors (Lipinski definition) is 6. The van der Waals surface area contributed by atoms with Crippen LogP contribution >= 0.6 is 11.6 Å². The zero-order valence-electron chi connectivity index (χ0n) is 19.0. The van der Waals surface area contributed by atoms with Crippen LogP contribution in [-0.4, -0.2) is 23.0 Å². The van der Waals surface area contributed by atoms with Crippen molar-refractivity contribution in [3.8, 4) is 28.7 Å². The van der Waals surface area contributed by atoms with Gasteiger partial charge in [-0.2, -0.15) is 9.78 Å².